The molecule has 1 amide bonds. The summed E-state index contributed by atoms with van der Waals surface area (Å²) >= 11 is 8.41. The molecule has 3 nitrogen and oxygen atoms in total. The maximum Gasteiger partial charge on any atom is 0.234 e. The fourth-order valence-electron chi connectivity index (χ4n) is 1.26. The van der Waals surface area contributed by atoms with Crippen molar-refractivity contribution in [3.63, 3.8) is 0 Å². The summed E-state index contributed by atoms with van der Waals surface area (Å²) in [4.78, 5) is 11.9. The summed E-state index contributed by atoms with van der Waals surface area (Å²) in [6, 6.07) is 4.12. The number of hydrogen-bond donors (Lipinski definition) is 2. The third-order valence-corrected chi connectivity index (χ3v) is 5.90. The van der Waals surface area contributed by atoms with Crippen LogP contribution in [-0.4, -0.2) is 24.0 Å². The first-order valence-electron chi connectivity index (χ1n) is 5.66. The van der Waals surface area contributed by atoms with Gasteiger partial charge in [0, 0.05) is 10.7 Å². The molecule has 1 rings (SSSR count). The van der Waals surface area contributed by atoms with Crippen LogP contribution in [0.25, 0.3) is 0 Å². The zero-order valence-corrected chi connectivity index (χ0v) is 17.7. The number of thioether (sulfide) groups is 1. The lowest BCUT2D eigenvalue weighted by molar-refractivity contribution is -0.113. The molecule has 0 aromatic heterocycles. The van der Waals surface area contributed by atoms with Crippen LogP contribution in [0.4, 0.5) is 5.69 Å². The molecule has 106 valence electrons. The predicted molar refractivity (Wildman–Crippen MR) is 109 cm³/mol. The molecule has 0 saturated heterocycles. The van der Waals surface area contributed by atoms with Crippen LogP contribution in [0.15, 0.2) is 12.1 Å². The van der Waals surface area contributed by atoms with Crippen molar-refractivity contribution >= 4 is 91.1 Å². The Morgan fingerprint density at radius 2 is 1.95 bits per heavy atom. The quantitative estimate of drug-likeness (QED) is 0.480. The molecule has 0 saturated carbocycles. The Labute approximate surface area is 159 Å². The monoisotopic (exact) mass is 616 g/mol. The minimum atomic E-state index is 0.0475. The average molecular weight is 616 g/mol. The lowest BCUT2D eigenvalue weighted by Gasteiger charge is -2.11. The third-order valence-electron chi connectivity index (χ3n) is 2.31. The van der Waals surface area contributed by atoms with Crippen LogP contribution >= 0.6 is 79.5 Å². The van der Waals surface area contributed by atoms with Crippen molar-refractivity contribution in [3.8, 4) is 0 Å². The molecule has 1 atom stereocenters. The van der Waals surface area contributed by atoms with Gasteiger partial charge >= 0.3 is 0 Å². The summed E-state index contributed by atoms with van der Waals surface area (Å²) < 4.78 is 3.32. The predicted octanol–water partition coefficient (Wildman–Crippen LogP) is 3.77. The smallest absolute Gasteiger partial charge is 0.234 e. The Hall–Kier alpha value is 1.19. The molecule has 7 heteroatoms. The number of carbonyl (C=O) groups is 1. The van der Waals surface area contributed by atoms with E-state index in [2.05, 4.69) is 92.1 Å². The summed E-state index contributed by atoms with van der Waals surface area (Å²) in [7, 11) is 0. The Kier molecular flexibility index (Phi) is 8.89. The van der Waals surface area contributed by atoms with Gasteiger partial charge in [-0.05, 0) is 98.1 Å². The number of benzene rings is 1. The number of carbonyl (C=O) groups excluding carboxylic acids is 1. The lowest BCUT2D eigenvalue weighted by Crippen LogP contribution is -2.18. The molecule has 0 aliphatic heterocycles. The molecule has 19 heavy (non-hydrogen) atoms. The highest BCUT2D eigenvalue weighted by Gasteiger charge is 2.11. The van der Waals surface area contributed by atoms with Crippen LogP contribution in [-0.2, 0) is 4.79 Å². The van der Waals surface area contributed by atoms with Gasteiger partial charge in [0.25, 0.3) is 0 Å². The van der Waals surface area contributed by atoms with E-state index in [9.17, 15) is 4.79 Å². The van der Waals surface area contributed by atoms with Crippen molar-refractivity contribution < 1.29 is 4.79 Å². The standard InChI is InChI=1S/C12H15I3N2OS/c1-7(4-16)5-19-6-11(18)17-12-9(14)2-8(13)3-10(12)15/h2-3,7H,4-6,16H2,1H3,(H,17,18). The van der Waals surface area contributed by atoms with Crippen LogP contribution in [0, 0.1) is 16.6 Å². The van der Waals surface area contributed by atoms with E-state index in [1.165, 1.54) is 3.57 Å². The van der Waals surface area contributed by atoms with Gasteiger partial charge in [-0.2, -0.15) is 11.8 Å². The Morgan fingerprint density at radius 3 is 2.47 bits per heavy atom. The van der Waals surface area contributed by atoms with Crippen LogP contribution in [0.3, 0.4) is 0 Å². The normalized spacial score (nSPS) is 12.3. The topological polar surface area (TPSA) is 55.1 Å². The summed E-state index contributed by atoms with van der Waals surface area (Å²) in [6.07, 6.45) is 0. The van der Waals surface area contributed by atoms with Crippen LogP contribution in [0.2, 0.25) is 0 Å². The van der Waals surface area contributed by atoms with Gasteiger partial charge < -0.3 is 11.1 Å². The number of hydrogen-bond acceptors (Lipinski definition) is 3. The molecule has 0 heterocycles. The summed E-state index contributed by atoms with van der Waals surface area (Å²) in [6.45, 7) is 2.76. The first-order valence-corrected chi connectivity index (χ1v) is 10.0. The Morgan fingerprint density at radius 1 is 1.37 bits per heavy atom. The number of nitrogens with two attached hydrogens (primary N) is 1. The van der Waals surface area contributed by atoms with Gasteiger partial charge in [0.1, 0.15) is 0 Å². The molecular weight excluding hydrogens is 601 g/mol. The van der Waals surface area contributed by atoms with Crippen molar-refractivity contribution in [2.45, 2.75) is 6.92 Å². The maximum absolute atomic E-state index is 11.9. The van der Waals surface area contributed by atoms with Crippen LogP contribution in [0.5, 0.6) is 0 Å². The molecule has 1 aromatic rings. The number of nitrogens with one attached hydrogen (secondary N) is 1. The molecule has 1 aromatic carbocycles. The van der Waals surface area contributed by atoms with E-state index in [1.807, 2.05) is 0 Å². The fourth-order valence-corrected chi connectivity index (χ4v) is 6.02. The molecule has 0 bridgehead atoms. The molecule has 0 aliphatic rings. The van der Waals surface area contributed by atoms with E-state index < -0.39 is 0 Å². The second kappa shape index (κ2) is 9.26. The SMILES string of the molecule is CC(CN)CSCC(=O)Nc1c(I)cc(I)cc1I. The number of amides is 1. The van der Waals surface area contributed by atoms with Gasteiger partial charge in [0.15, 0.2) is 0 Å². The zero-order chi connectivity index (χ0) is 14.4. The van der Waals surface area contributed by atoms with Gasteiger partial charge in [-0.3, -0.25) is 4.79 Å². The number of rotatable bonds is 6. The van der Waals surface area contributed by atoms with E-state index in [0.717, 1.165) is 18.6 Å². The summed E-state index contributed by atoms with van der Waals surface area (Å²) in [5, 5.41) is 2.99. The minimum absolute atomic E-state index is 0.0475. The fraction of sp³-hybridized carbons (Fsp3) is 0.417. The van der Waals surface area contributed by atoms with E-state index in [-0.39, 0.29) is 5.91 Å². The highest BCUT2D eigenvalue weighted by atomic mass is 127. The molecule has 3 N–H and O–H groups in total. The van der Waals surface area contributed by atoms with Crippen LogP contribution < -0.4 is 11.1 Å². The third kappa shape index (κ3) is 6.66. The zero-order valence-electron chi connectivity index (χ0n) is 10.4. The largest absolute Gasteiger partial charge is 0.330 e. The second-order valence-electron chi connectivity index (χ2n) is 4.15. The first kappa shape index (κ1) is 18.2. The molecule has 0 aliphatic carbocycles. The maximum atomic E-state index is 11.9. The van der Waals surface area contributed by atoms with Crippen molar-refractivity contribution in [2.75, 3.05) is 23.4 Å². The summed E-state index contributed by atoms with van der Waals surface area (Å²) in [5.74, 6) is 1.90. The van der Waals surface area contributed by atoms with Crippen molar-refractivity contribution in [1.29, 1.82) is 0 Å². The molecule has 0 fully saturated rings. The molecule has 0 spiro atoms. The molecule has 0 radical (unpaired) electrons. The van der Waals surface area contributed by atoms with E-state index >= 15 is 0 Å². The number of anilines is 1. The Balaban J connectivity index is 2.53. The molecule has 1 unspecified atom stereocenters. The second-order valence-corrected chi connectivity index (χ2v) is 8.75. The number of halogens is 3. The van der Waals surface area contributed by atoms with Gasteiger partial charge in [0.2, 0.25) is 5.91 Å². The summed E-state index contributed by atoms with van der Waals surface area (Å²) in [5.41, 5.74) is 6.47. The van der Waals surface area contributed by atoms with E-state index in [0.29, 0.717) is 18.2 Å². The highest BCUT2D eigenvalue weighted by molar-refractivity contribution is 14.1. The molecular formula is C12H15I3N2OS. The van der Waals surface area contributed by atoms with Gasteiger partial charge in [-0.15, -0.1) is 0 Å². The highest BCUT2D eigenvalue weighted by Crippen LogP contribution is 2.27. The average Bonchev–Trinajstić information content (AvgIpc) is 2.33. The first-order chi connectivity index (χ1) is 8.93. The van der Waals surface area contributed by atoms with E-state index in [1.54, 1.807) is 11.8 Å². The van der Waals surface area contributed by atoms with Crippen molar-refractivity contribution in [2.24, 2.45) is 11.7 Å². The van der Waals surface area contributed by atoms with Gasteiger partial charge in [-0.25, -0.2) is 0 Å². The minimum Gasteiger partial charge on any atom is -0.330 e. The Bertz CT molecular complexity index is 434. The van der Waals surface area contributed by atoms with Gasteiger partial charge in [0.05, 0.1) is 11.4 Å². The van der Waals surface area contributed by atoms with Crippen molar-refractivity contribution in [1.82, 2.24) is 0 Å². The van der Waals surface area contributed by atoms with Crippen LogP contribution in [0.1, 0.15) is 6.92 Å². The van der Waals surface area contributed by atoms with Crippen molar-refractivity contribution in [3.05, 3.63) is 22.8 Å². The van der Waals surface area contributed by atoms with E-state index in [4.69, 9.17) is 5.73 Å². The van der Waals surface area contributed by atoms with Gasteiger partial charge in [-0.1, -0.05) is 6.92 Å². The lowest BCUT2D eigenvalue weighted by atomic mass is 10.2.